The van der Waals surface area contributed by atoms with E-state index in [2.05, 4.69) is 16.0 Å². The zero-order valence-electron chi connectivity index (χ0n) is 9.88. The highest BCUT2D eigenvalue weighted by atomic mass is 19.1. The minimum Gasteiger partial charge on any atom is -0.323 e. The molecule has 2 atom stereocenters. The number of rotatable bonds is 2. The van der Waals surface area contributed by atoms with Crippen LogP contribution in [0.2, 0.25) is 0 Å². The lowest BCUT2D eigenvalue weighted by atomic mass is 9.92. The molecule has 3 rings (SSSR count). The normalized spacial score (nSPS) is 19.6. The molecule has 0 fully saturated rings. The van der Waals surface area contributed by atoms with Crippen LogP contribution in [-0.2, 0) is 6.42 Å². The van der Waals surface area contributed by atoms with Crippen molar-refractivity contribution in [1.29, 1.82) is 0 Å². The molecule has 0 bridgehead atoms. The predicted molar refractivity (Wildman–Crippen MR) is 66.4 cm³/mol. The van der Waals surface area contributed by atoms with Gasteiger partial charge in [-0.15, -0.1) is 0 Å². The summed E-state index contributed by atoms with van der Waals surface area (Å²) >= 11 is 0. The molecule has 0 saturated heterocycles. The van der Waals surface area contributed by atoms with Gasteiger partial charge in [0.05, 0.1) is 6.20 Å². The Morgan fingerprint density at radius 1 is 1.39 bits per heavy atom. The predicted octanol–water partition coefficient (Wildman–Crippen LogP) is 2.35. The number of fused-ring (bicyclic) bond motifs is 1. The van der Waals surface area contributed by atoms with Crippen LogP contribution in [0, 0.1) is 5.82 Å². The summed E-state index contributed by atoms with van der Waals surface area (Å²) in [5, 5.41) is 0. The van der Waals surface area contributed by atoms with Crippen LogP contribution < -0.4 is 5.73 Å². The molecule has 2 aromatic heterocycles. The number of pyridine rings is 2. The Labute approximate surface area is 105 Å². The molecule has 0 saturated carbocycles. The molecule has 0 aliphatic heterocycles. The Morgan fingerprint density at radius 2 is 2.28 bits per heavy atom. The third kappa shape index (κ3) is 1.88. The van der Waals surface area contributed by atoms with Crippen molar-refractivity contribution in [3.8, 4) is 0 Å². The second-order valence-corrected chi connectivity index (χ2v) is 4.66. The van der Waals surface area contributed by atoms with Crippen LogP contribution in [0.3, 0.4) is 0 Å². The quantitative estimate of drug-likeness (QED) is 0.880. The lowest BCUT2D eigenvalue weighted by Crippen LogP contribution is -2.19. The molecule has 3 nitrogen and oxygen atoms in total. The fourth-order valence-electron chi connectivity index (χ4n) is 2.64. The summed E-state index contributed by atoms with van der Waals surface area (Å²) < 4.78 is 13.2. The van der Waals surface area contributed by atoms with Crippen molar-refractivity contribution in [3.05, 3.63) is 59.4 Å². The maximum absolute atomic E-state index is 13.2. The van der Waals surface area contributed by atoms with E-state index in [1.807, 2.05) is 6.07 Å². The third-order valence-electron chi connectivity index (χ3n) is 3.55. The van der Waals surface area contributed by atoms with Crippen LogP contribution in [0.1, 0.15) is 35.2 Å². The first-order valence-corrected chi connectivity index (χ1v) is 6.05. The van der Waals surface area contributed by atoms with E-state index in [0.717, 1.165) is 24.1 Å². The molecule has 0 amide bonds. The Bertz CT molecular complexity index is 570. The van der Waals surface area contributed by atoms with Gasteiger partial charge >= 0.3 is 0 Å². The Kier molecular flexibility index (Phi) is 2.80. The molecule has 2 N–H and O–H groups in total. The fourth-order valence-corrected chi connectivity index (χ4v) is 2.64. The van der Waals surface area contributed by atoms with E-state index in [9.17, 15) is 4.39 Å². The molecular formula is C14H14FN3. The van der Waals surface area contributed by atoms with Crippen molar-refractivity contribution in [1.82, 2.24) is 9.97 Å². The van der Waals surface area contributed by atoms with Gasteiger partial charge in [0, 0.05) is 30.0 Å². The van der Waals surface area contributed by atoms with Gasteiger partial charge in [-0.3, -0.25) is 9.97 Å². The minimum atomic E-state index is -0.345. The van der Waals surface area contributed by atoms with Gasteiger partial charge in [-0.25, -0.2) is 4.39 Å². The van der Waals surface area contributed by atoms with Crippen LogP contribution in [0.25, 0.3) is 0 Å². The van der Waals surface area contributed by atoms with Gasteiger partial charge in [0.25, 0.3) is 0 Å². The van der Waals surface area contributed by atoms with E-state index in [4.69, 9.17) is 5.73 Å². The number of aryl methyl sites for hydroxylation is 1. The smallest absolute Gasteiger partial charge is 0.141 e. The lowest BCUT2D eigenvalue weighted by molar-refractivity contribution is 0.533. The molecule has 18 heavy (non-hydrogen) atoms. The second-order valence-electron chi connectivity index (χ2n) is 4.66. The summed E-state index contributed by atoms with van der Waals surface area (Å²) in [6.07, 6.45) is 6.56. The Balaban J connectivity index is 1.93. The molecule has 2 heterocycles. The van der Waals surface area contributed by atoms with Gasteiger partial charge in [-0.1, -0.05) is 6.07 Å². The second kappa shape index (κ2) is 4.46. The highest BCUT2D eigenvalue weighted by molar-refractivity contribution is 5.32. The number of nitrogens with zero attached hydrogens (tertiary/aromatic N) is 2. The van der Waals surface area contributed by atoms with Gasteiger partial charge in [-0.2, -0.15) is 0 Å². The van der Waals surface area contributed by atoms with E-state index in [1.165, 1.54) is 17.8 Å². The molecule has 2 unspecified atom stereocenters. The number of nitrogens with two attached hydrogens (primary N) is 1. The molecule has 92 valence electrons. The fraction of sp³-hybridized carbons (Fsp3) is 0.286. The monoisotopic (exact) mass is 243 g/mol. The first-order valence-electron chi connectivity index (χ1n) is 6.05. The molecule has 4 heteroatoms. The van der Waals surface area contributed by atoms with Crippen LogP contribution in [0.15, 0.2) is 36.8 Å². The minimum absolute atomic E-state index is 0.157. The van der Waals surface area contributed by atoms with Gasteiger partial charge in [0.15, 0.2) is 0 Å². The average molecular weight is 243 g/mol. The number of hydrogen-bond donors (Lipinski definition) is 1. The highest BCUT2D eigenvalue weighted by Gasteiger charge is 2.29. The molecule has 0 spiro atoms. The summed E-state index contributed by atoms with van der Waals surface area (Å²) in [6, 6.07) is 5.23. The molecule has 1 aliphatic rings. The summed E-state index contributed by atoms with van der Waals surface area (Å²) in [5.41, 5.74) is 9.27. The number of hydrogen-bond acceptors (Lipinski definition) is 3. The molecule has 0 radical (unpaired) electrons. The highest BCUT2D eigenvalue weighted by Crippen LogP contribution is 2.38. The lowest BCUT2D eigenvalue weighted by Gasteiger charge is -2.19. The Hall–Kier alpha value is -1.81. The molecule has 1 aliphatic carbocycles. The largest absolute Gasteiger partial charge is 0.323 e. The maximum Gasteiger partial charge on any atom is 0.141 e. The summed E-state index contributed by atoms with van der Waals surface area (Å²) in [4.78, 5) is 8.27. The first-order chi connectivity index (χ1) is 8.75. The van der Waals surface area contributed by atoms with Crippen molar-refractivity contribution in [2.45, 2.75) is 24.8 Å². The summed E-state index contributed by atoms with van der Waals surface area (Å²) in [7, 11) is 0. The standard InChI is InChI=1S/C14H14FN3/c15-11-6-10(7-17-8-11)13(16)12-4-3-9-2-1-5-18-14(9)12/h1-2,5-8,12-13H,3-4,16H2. The zero-order valence-corrected chi connectivity index (χ0v) is 9.88. The van der Waals surface area contributed by atoms with Crippen molar-refractivity contribution in [3.63, 3.8) is 0 Å². The summed E-state index contributed by atoms with van der Waals surface area (Å²) in [5.74, 6) is -0.188. The molecular weight excluding hydrogens is 229 g/mol. The maximum atomic E-state index is 13.2. The SMILES string of the molecule is NC(c1cncc(F)c1)C1CCc2cccnc21. The van der Waals surface area contributed by atoms with Gasteiger partial charge < -0.3 is 5.73 Å². The average Bonchev–Trinajstić information content (AvgIpc) is 2.82. The van der Waals surface area contributed by atoms with Gasteiger partial charge in [-0.05, 0) is 36.1 Å². The molecule has 0 aromatic carbocycles. The van der Waals surface area contributed by atoms with Crippen molar-refractivity contribution < 1.29 is 4.39 Å². The van der Waals surface area contributed by atoms with Crippen LogP contribution in [0.5, 0.6) is 0 Å². The molecule has 2 aromatic rings. The van der Waals surface area contributed by atoms with E-state index in [-0.39, 0.29) is 17.8 Å². The third-order valence-corrected chi connectivity index (χ3v) is 3.55. The van der Waals surface area contributed by atoms with Crippen molar-refractivity contribution in [2.75, 3.05) is 0 Å². The number of halogens is 1. The van der Waals surface area contributed by atoms with Crippen molar-refractivity contribution >= 4 is 0 Å². The van der Waals surface area contributed by atoms with Crippen LogP contribution in [0.4, 0.5) is 4.39 Å². The van der Waals surface area contributed by atoms with E-state index < -0.39 is 0 Å². The van der Waals surface area contributed by atoms with E-state index in [1.54, 1.807) is 12.4 Å². The zero-order chi connectivity index (χ0) is 12.5. The number of aromatic nitrogens is 2. The first kappa shape index (κ1) is 11.3. The van der Waals surface area contributed by atoms with Crippen molar-refractivity contribution in [2.24, 2.45) is 5.73 Å². The Morgan fingerprint density at radius 3 is 3.11 bits per heavy atom. The van der Waals surface area contributed by atoms with Crippen LogP contribution in [-0.4, -0.2) is 9.97 Å². The van der Waals surface area contributed by atoms with E-state index >= 15 is 0 Å². The van der Waals surface area contributed by atoms with Crippen LogP contribution >= 0.6 is 0 Å². The van der Waals surface area contributed by atoms with Gasteiger partial charge in [0.1, 0.15) is 5.82 Å². The topological polar surface area (TPSA) is 51.8 Å². The summed E-state index contributed by atoms with van der Waals surface area (Å²) in [6.45, 7) is 0. The van der Waals surface area contributed by atoms with Gasteiger partial charge in [0.2, 0.25) is 0 Å². The van der Waals surface area contributed by atoms with E-state index in [0.29, 0.717) is 0 Å².